The fourth-order valence-corrected chi connectivity index (χ4v) is 3.20. The molecular formula is C17H23NO4. The van der Waals surface area contributed by atoms with Crippen molar-refractivity contribution >= 4 is 5.91 Å². The number of carbonyl (C=O) groups excluding carboxylic acids is 1. The largest absolute Gasteiger partial charge is 0.381 e. The number of carbonyl (C=O) groups is 1. The number of nitrogens with zero attached hydrogens (tertiary/aromatic N) is 1. The van der Waals surface area contributed by atoms with E-state index in [9.17, 15) is 9.90 Å². The second-order valence-corrected chi connectivity index (χ2v) is 6.03. The molecule has 0 bridgehead atoms. The second-order valence-electron chi connectivity index (χ2n) is 6.03. The van der Waals surface area contributed by atoms with E-state index in [0.717, 1.165) is 32.5 Å². The van der Waals surface area contributed by atoms with Crippen LogP contribution < -0.4 is 0 Å². The summed E-state index contributed by atoms with van der Waals surface area (Å²) in [5.74, 6) is -0.237. The van der Waals surface area contributed by atoms with Crippen LogP contribution in [0.15, 0.2) is 30.3 Å². The van der Waals surface area contributed by atoms with E-state index in [0.29, 0.717) is 25.3 Å². The maximum Gasteiger partial charge on any atom is 0.256 e. The van der Waals surface area contributed by atoms with Gasteiger partial charge in [0.15, 0.2) is 6.10 Å². The summed E-state index contributed by atoms with van der Waals surface area (Å²) >= 11 is 0. The van der Waals surface area contributed by atoms with Gasteiger partial charge in [-0.2, -0.15) is 0 Å². The lowest BCUT2D eigenvalue weighted by atomic mass is 9.90. The molecule has 1 amide bonds. The van der Waals surface area contributed by atoms with E-state index in [1.807, 2.05) is 18.2 Å². The van der Waals surface area contributed by atoms with Gasteiger partial charge < -0.3 is 19.5 Å². The van der Waals surface area contributed by atoms with E-state index in [1.54, 1.807) is 17.0 Å². The minimum absolute atomic E-state index is 0.148. The van der Waals surface area contributed by atoms with Crippen LogP contribution in [-0.2, 0) is 14.3 Å². The van der Waals surface area contributed by atoms with Crippen molar-refractivity contribution in [2.45, 2.75) is 31.0 Å². The molecule has 1 aromatic rings. The molecule has 3 rings (SSSR count). The minimum atomic E-state index is -1.09. The first-order chi connectivity index (χ1) is 10.7. The van der Waals surface area contributed by atoms with E-state index in [1.165, 1.54) is 0 Å². The summed E-state index contributed by atoms with van der Waals surface area (Å²) in [5.41, 5.74) is 0.490. The Kier molecular flexibility index (Phi) is 4.76. The Bertz CT molecular complexity index is 499. The van der Waals surface area contributed by atoms with E-state index < -0.39 is 6.10 Å². The zero-order valence-electron chi connectivity index (χ0n) is 12.7. The average molecular weight is 305 g/mol. The maximum absolute atomic E-state index is 12.5. The number of ether oxygens (including phenoxy) is 2. The molecule has 0 aromatic heterocycles. The third kappa shape index (κ3) is 3.32. The molecule has 120 valence electrons. The monoisotopic (exact) mass is 305 g/mol. The highest BCUT2D eigenvalue weighted by Crippen LogP contribution is 2.31. The number of hydrogen-bond donors (Lipinski definition) is 1. The Morgan fingerprint density at radius 2 is 1.82 bits per heavy atom. The van der Waals surface area contributed by atoms with Gasteiger partial charge >= 0.3 is 0 Å². The van der Waals surface area contributed by atoms with Crippen molar-refractivity contribution in [3.05, 3.63) is 35.9 Å². The average Bonchev–Trinajstić information content (AvgIpc) is 2.78. The summed E-state index contributed by atoms with van der Waals surface area (Å²) in [6.45, 7) is 3.13. The standard InChI is InChI=1S/C17H23NO4/c19-15(14-4-2-1-3-5-14)16(20)18-9-6-17(22-13-10-18)7-11-21-12-8-17/h1-5,15,19H,6-13H2. The van der Waals surface area contributed by atoms with Gasteiger partial charge in [-0.15, -0.1) is 0 Å². The first-order valence-electron chi connectivity index (χ1n) is 7.94. The Morgan fingerprint density at radius 3 is 2.55 bits per heavy atom. The Hall–Kier alpha value is -1.43. The van der Waals surface area contributed by atoms with Gasteiger partial charge in [-0.3, -0.25) is 4.79 Å². The van der Waals surface area contributed by atoms with Crippen LogP contribution in [0.3, 0.4) is 0 Å². The number of benzene rings is 1. The zero-order chi connectivity index (χ0) is 15.4. The van der Waals surface area contributed by atoms with Crippen LogP contribution in [0.25, 0.3) is 0 Å². The van der Waals surface area contributed by atoms with Crippen LogP contribution in [0.5, 0.6) is 0 Å². The van der Waals surface area contributed by atoms with Gasteiger partial charge in [-0.05, 0) is 24.8 Å². The SMILES string of the molecule is O=C(C(O)c1ccccc1)N1CCOC2(CCOCC2)CC1. The molecule has 2 fully saturated rings. The summed E-state index contributed by atoms with van der Waals surface area (Å²) in [6, 6.07) is 9.08. The molecule has 2 saturated heterocycles. The van der Waals surface area contributed by atoms with Crippen LogP contribution in [0.4, 0.5) is 0 Å². The molecule has 1 unspecified atom stereocenters. The van der Waals surface area contributed by atoms with Crippen molar-refractivity contribution < 1.29 is 19.4 Å². The second kappa shape index (κ2) is 6.77. The first kappa shape index (κ1) is 15.5. The van der Waals surface area contributed by atoms with Crippen molar-refractivity contribution in [1.82, 2.24) is 4.90 Å². The molecular weight excluding hydrogens is 282 g/mol. The third-order valence-electron chi connectivity index (χ3n) is 4.67. The molecule has 0 saturated carbocycles. The van der Waals surface area contributed by atoms with Crippen LogP contribution in [-0.4, -0.2) is 54.4 Å². The third-order valence-corrected chi connectivity index (χ3v) is 4.67. The lowest BCUT2D eigenvalue weighted by Crippen LogP contribution is -2.40. The highest BCUT2D eigenvalue weighted by molar-refractivity contribution is 5.82. The molecule has 2 aliphatic heterocycles. The molecule has 1 atom stereocenters. The highest BCUT2D eigenvalue weighted by Gasteiger charge is 2.37. The topological polar surface area (TPSA) is 59.0 Å². The van der Waals surface area contributed by atoms with Crippen LogP contribution in [0, 0.1) is 0 Å². The van der Waals surface area contributed by atoms with E-state index >= 15 is 0 Å². The van der Waals surface area contributed by atoms with Gasteiger partial charge in [0.1, 0.15) is 0 Å². The van der Waals surface area contributed by atoms with E-state index in [-0.39, 0.29) is 11.5 Å². The predicted molar refractivity (Wildman–Crippen MR) is 81.3 cm³/mol. The van der Waals surface area contributed by atoms with E-state index in [2.05, 4.69) is 0 Å². The van der Waals surface area contributed by atoms with Crippen molar-refractivity contribution in [1.29, 1.82) is 0 Å². The Labute approximate surface area is 130 Å². The van der Waals surface area contributed by atoms with Gasteiger partial charge in [0.05, 0.1) is 12.2 Å². The first-order valence-corrected chi connectivity index (χ1v) is 7.94. The summed E-state index contributed by atoms with van der Waals surface area (Å²) in [7, 11) is 0. The van der Waals surface area contributed by atoms with Crippen molar-refractivity contribution in [3.8, 4) is 0 Å². The molecule has 5 heteroatoms. The van der Waals surface area contributed by atoms with Gasteiger partial charge in [-0.25, -0.2) is 0 Å². The molecule has 1 aromatic carbocycles. The quantitative estimate of drug-likeness (QED) is 0.900. The van der Waals surface area contributed by atoms with Crippen molar-refractivity contribution in [2.75, 3.05) is 32.9 Å². The van der Waals surface area contributed by atoms with E-state index in [4.69, 9.17) is 9.47 Å². The van der Waals surface area contributed by atoms with Gasteiger partial charge in [0.2, 0.25) is 0 Å². The number of rotatable bonds is 2. The molecule has 0 aliphatic carbocycles. The number of aliphatic hydroxyl groups is 1. The molecule has 1 spiro atoms. The fourth-order valence-electron chi connectivity index (χ4n) is 3.20. The summed E-state index contributed by atoms with van der Waals surface area (Å²) < 4.78 is 11.4. The summed E-state index contributed by atoms with van der Waals surface area (Å²) in [4.78, 5) is 14.2. The lowest BCUT2D eigenvalue weighted by Gasteiger charge is -2.35. The van der Waals surface area contributed by atoms with Crippen molar-refractivity contribution in [2.24, 2.45) is 0 Å². The van der Waals surface area contributed by atoms with Crippen molar-refractivity contribution in [3.63, 3.8) is 0 Å². The molecule has 5 nitrogen and oxygen atoms in total. The molecule has 2 aliphatic rings. The predicted octanol–water partition coefficient (Wildman–Crippen LogP) is 1.52. The summed E-state index contributed by atoms with van der Waals surface area (Å²) in [6.07, 6.45) is 1.49. The number of aliphatic hydroxyl groups excluding tert-OH is 1. The minimum Gasteiger partial charge on any atom is -0.381 e. The highest BCUT2D eigenvalue weighted by atomic mass is 16.5. The number of hydrogen-bond acceptors (Lipinski definition) is 4. The fraction of sp³-hybridized carbons (Fsp3) is 0.588. The normalized spacial score (nSPS) is 23.0. The van der Waals surface area contributed by atoms with Crippen LogP contribution in [0.2, 0.25) is 0 Å². The smallest absolute Gasteiger partial charge is 0.256 e. The van der Waals surface area contributed by atoms with Crippen LogP contribution >= 0.6 is 0 Å². The number of amides is 1. The molecule has 1 N–H and O–H groups in total. The lowest BCUT2D eigenvalue weighted by molar-refractivity contribution is -0.140. The summed E-state index contributed by atoms with van der Waals surface area (Å²) in [5, 5.41) is 10.3. The zero-order valence-corrected chi connectivity index (χ0v) is 12.7. The molecule has 0 radical (unpaired) electrons. The molecule has 2 heterocycles. The maximum atomic E-state index is 12.5. The van der Waals surface area contributed by atoms with Gasteiger partial charge in [0, 0.05) is 26.3 Å². The Morgan fingerprint density at radius 1 is 1.09 bits per heavy atom. The molecule has 22 heavy (non-hydrogen) atoms. The Balaban J connectivity index is 1.64. The van der Waals surface area contributed by atoms with Gasteiger partial charge in [0.25, 0.3) is 5.91 Å². The van der Waals surface area contributed by atoms with Crippen LogP contribution in [0.1, 0.15) is 30.9 Å². The van der Waals surface area contributed by atoms with Gasteiger partial charge in [-0.1, -0.05) is 30.3 Å².